The molecule has 0 aliphatic carbocycles. The maximum absolute atomic E-state index is 13.3. The van der Waals surface area contributed by atoms with Crippen molar-refractivity contribution in [3.63, 3.8) is 0 Å². The molecule has 13 rings (SSSR count). The normalized spacial score (nSPS) is 17.0. The zero-order valence-electron chi connectivity index (χ0n) is 58.7. The van der Waals surface area contributed by atoms with E-state index in [0.29, 0.717) is 71.9 Å². The molecule has 10 aromatic rings. The van der Waals surface area contributed by atoms with Crippen LogP contribution in [0.4, 0.5) is 44.6 Å². The number of carbonyl (C=O) groups excluding carboxylic acids is 3. The molecule has 4 atom stereocenters. The van der Waals surface area contributed by atoms with Gasteiger partial charge in [-0.2, -0.15) is 0 Å². The van der Waals surface area contributed by atoms with Crippen LogP contribution in [0.2, 0.25) is 0 Å². The van der Waals surface area contributed by atoms with Crippen LogP contribution in [0.3, 0.4) is 0 Å². The van der Waals surface area contributed by atoms with Crippen molar-refractivity contribution in [1.82, 2.24) is 91.3 Å². The van der Waals surface area contributed by atoms with Crippen molar-refractivity contribution in [3.8, 4) is 34.2 Å². The van der Waals surface area contributed by atoms with Gasteiger partial charge in [0.1, 0.15) is 17.5 Å². The van der Waals surface area contributed by atoms with Crippen molar-refractivity contribution in [1.29, 1.82) is 0 Å². The minimum atomic E-state index is -0.233. The van der Waals surface area contributed by atoms with Crippen molar-refractivity contribution in [2.75, 3.05) is 87.9 Å². The third-order valence-electron chi connectivity index (χ3n) is 19.0. The molecule has 3 saturated heterocycles. The van der Waals surface area contributed by atoms with Crippen LogP contribution in [0.15, 0.2) is 170 Å². The van der Waals surface area contributed by atoms with Crippen molar-refractivity contribution < 1.29 is 36.1 Å². The number of hydrogen-bond acceptors (Lipinski definition) is 15. The van der Waals surface area contributed by atoms with Gasteiger partial charge in [0.2, 0.25) is 0 Å². The molecule has 3 fully saturated rings. The summed E-state index contributed by atoms with van der Waals surface area (Å²) in [5, 5.41) is 52.7. The van der Waals surface area contributed by atoms with E-state index >= 15 is 0 Å². The first kappa shape index (κ1) is 73.4. The number of nitrogens with one attached hydrogen (secondary N) is 6. The summed E-state index contributed by atoms with van der Waals surface area (Å²) in [6, 6.07) is 50.8. The Labute approximate surface area is 607 Å². The number of urea groups is 3. The van der Waals surface area contributed by atoms with E-state index in [1.165, 1.54) is 42.0 Å². The monoisotopic (exact) mass is 1410 g/mol. The third-order valence-corrected chi connectivity index (χ3v) is 19.0. The first-order valence-corrected chi connectivity index (χ1v) is 35.2. The summed E-state index contributed by atoms with van der Waals surface area (Å²) in [6.45, 7) is 12.3. The summed E-state index contributed by atoms with van der Waals surface area (Å²) in [5.41, 5.74) is 10.4. The van der Waals surface area contributed by atoms with E-state index in [-0.39, 0.29) is 50.0 Å². The molecule has 0 bridgehead atoms. The molecule has 3 aromatic heterocycles. The van der Waals surface area contributed by atoms with Crippen molar-refractivity contribution >= 4 is 35.2 Å². The largest absolute Gasteiger partial charge is 0.338 e. The minimum absolute atomic E-state index is 0. The number of hydrogen-bond donors (Lipinski definition) is 6. The van der Waals surface area contributed by atoms with Gasteiger partial charge in [-0.25, -0.2) is 41.6 Å². The van der Waals surface area contributed by atoms with Gasteiger partial charge in [0.05, 0.1) is 0 Å². The number of halogens is 3. The number of carbonyl (C=O) groups is 3. The number of rotatable bonds is 22. The lowest BCUT2D eigenvalue weighted by molar-refractivity contribution is 0.153. The topological polar surface area (TPSA) is 264 Å². The lowest BCUT2D eigenvalue weighted by Crippen LogP contribution is -2.45. The molecule has 6 heterocycles. The smallest absolute Gasteiger partial charge is 0.319 e. The maximum atomic E-state index is 13.3. The highest BCUT2D eigenvalue weighted by molar-refractivity contribution is 5.91. The van der Waals surface area contributed by atoms with Gasteiger partial charge in [-0.15, -0.1) is 15.3 Å². The van der Waals surface area contributed by atoms with Gasteiger partial charge >= 0.3 is 18.1 Å². The second-order valence-electron chi connectivity index (χ2n) is 26.6. The van der Waals surface area contributed by atoms with E-state index in [9.17, 15) is 27.6 Å². The zero-order valence-corrected chi connectivity index (χ0v) is 58.7. The number of aromatic nitrogens is 12. The van der Waals surface area contributed by atoms with Crippen molar-refractivity contribution in [2.24, 2.45) is 38.9 Å². The van der Waals surface area contributed by atoms with E-state index in [0.717, 1.165) is 149 Å². The van der Waals surface area contributed by atoms with Gasteiger partial charge in [0.25, 0.3) is 0 Å². The Morgan fingerprint density at radius 2 is 0.893 bits per heavy atom. The molecule has 24 nitrogen and oxygen atoms in total. The lowest BCUT2D eigenvalue weighted by Gasteiger charge is -2.39. The average Bonchev–Trinajstić information content (AvgIpc) is 1.80. The minimum Gasteiger partial charge on any atom is -0.338 e. The molecular weight excluding hydrogens is 1310 g/mol. The predicted molar refractivity (Wildman–Crippen MR) is 403 cm³/mol. The number of nitrogens with zero attached hydrogens (tertiary/aromatic N) is 15. The number of anilines is 3. The Bertz CT molecular complexity index is 4360. The van der Waals surface area contributed by atoms with Crippen molar-refractivity contribution in [3.05, 3.63) is 215 Å². The van der Waals surface area contributed by atoms with Crippen LogP contribution >= 0.6 is 0 Å². The van der Waals surface area contributed by atoms with Crippen LogP contribution in [-0.2, 0) is 47.0 Å². The molecule has 550 valence electrons. The molecule has 0 radical (unpaired) electrons. The summed E-state index contributed by atoms with van der Waals surface area (Å²) in [5.74, 6) is 2.72. The number of amides is 6. The maximum Gasteiger partial charge on any atom is 0.319 e. The van der Waals surface area contributed by atoms with E-state index < -0.39 is 0 Å². The lowest BCUT2D eigenvalue weighted by atomic mass is 9.80. The molecule has 0 spiro atoms. The summed E-state index contributed by atoms with van der Waals surface area (Å²) in [7, 11) is 5.34. The highest BCUT2D eigenvalue weighted by Gasteiger charge is 2.31. The Morgan fingerprint density at radius 3 is 1.39 bits per heavy atom. The number of piperidine rings is 3. The fraction of sp³-hybridized carbons (Fsp3) is 0.368. The Hall–Kier alpha value is -10.8. The standard InChI is InChI=1S/C31H36FN7O.C23H28FN7O.C22H26FN7O.6H2/c1-3-22-17-25(30-35-36-37-38(30)2)19-28(18-22)34-31(40)33-20-26-21-39(15-13-23-9-11-27(32)12-10-23)16-14-29(26)24-7-5-4-6-8-24;1-30-22(27-28-29-30)19-5-2-6-21(14-19)26-23(32)25-15-18-4-3-12-31(16-18)13-11-17-7-9-20(24)10-8-17;1-29-21(26-27-28-29)18-5-2-6-20(12-18)25-22(31)24-13-17-4-3-11-30(15-17)14-16-7-9-19(23)10-8-16;;;;;;/h4-12,17-19,26,29H,3,13-16,20-21H2,1-2H3,(H2,33,34,40);2,5-10,14,18H,3-4,11-13,15-16H2,1H3,(H2,25,26,32);2,5-10,12,17H,3-4,11,13-15H2,1H3,(H2,24,25,31);6*1H/t26-,29+;;;;;;;;/m0......../s1. The summed E-state index contributed by atoms with van der Waals surface area (Å²) < 4.78 is 44.3. The van der Waals surface area contributed by atoms with Crippen LogP contribution in [0.5, 0.6) is 0 Å². The zero-order chi connectivity index (χ0) is 71.9. The Morgan fingerprint density at radius 1 is 0.447 bits per heavy atom. The van der Waals surface area contributed by atoms with E-state index in [2.05, 4.69) is 124 Å². The van der Waals surface area contributed by atoms with E-state index in [1.54, 1.807) is 35.2 Å². The van der Waals surface area contributed by atoms with Gasteiger partial charge in [-0.05, 0) is 233 Å². The fourth-order valence-corrected chi connectivity index (χ4v) is 13.6. The average molecular weight is 1410 g/mol. The van der Waals surface area contributed by atoms with Crippen LogP contribution in [0, 0.1) is 35.2 Å². The summed E-state index contributed by atoms with van der Waals surface area (Å²) in [4.78, 5) is 45.1. The fourth-order valence-electron chi connectivity index (χ4n) is 13.6. The first-order valence-electron chi connectivity index (χ1n) is 35.2. The van der Waals surface area contributed by atoms with Gasteiger partial charge in [-0.3, -0.25) is 4.90 Å². The van der Waals surface area contributed by atoms with Gasteiger partial charge in [0, 0.05) is 122 Å². The number of tetrazole rings is 3. The molecule has 7 aromatic carbocycles. The highest BCUT2D eigenvalue weighted by Crippen LogP contribution is 2.34. The first-order chi connectivity index (χ1) is 50.1. The molecule has 0 saturated carbocycles. The molecule has 2 unspecified atom stereocenters. The van der Waals surface area contributed by atoms with Gasteiger partial charge < -0.3 is 41.7 Å². The van der Waals surface area contributed by atoms with Crippen LogP contribution in [0.25, 0.3) is 34.2 Å². The van der Waals surface area contributed by atoms with Crippen LogP contribution in [-0.4, -0.2) is 165 Å². The van der Waals surface area contributed by atoms with E-state index in [1.807, 2.05) is 109 Å². The Kier molecular flexibility index (Phi) is 26.2. The van der Waals surface area contributed by atoms with Crippen molar-refractivity contribution in [2.45, 2.75) is 70.8 Å². The molecule has 3 aliphatic rings. The Balaban J connectivity index is 0.000000288. The quantitative estimate of drug-likeness (QED) is 0.0368. The predicted octanol–water partition coefficient (Wildman–Crippen LogP) is 12.7. The number of benzene rings is 7. The second kappa shape index (κ2) is 36.7. The second-order valence-corrected chi connectivity index (χ2v) is 26.6. The third kappa shape index (κ3) is 22.1. The summed E-state index contributed by atoms with van der Waals surface area (Å²) in [6.07, 6.45) is 8.00. The molecular formula is C76H102F3N21O3. The van der Waals surface area contributed by atoms with Crippen LogP contribution < -0.4 is 31.9 Å². The van der Waals surface area contributed by atoms with Gasteiger partial charge in [-0.1, -0.05) is 97.9 Å². The van der Waals surface area contributed by atoms with E-state index in [4.69, 9.17) is 0 Å². The van der Waals surface area contributed by atoms with Crippen LogP contribution in [0.1, 0.15) is 81.3 Å². The molecule has 27 heteroatoms. The summed E-state index contributed by atoms with van der Waals surface area (Å²) >= 11 is 0. The molecule has 103 heavy (non-hydrogen) atoms. The number of likely N-dealkylation sites (tertiary alicyclic amines) is 3. The molecule has 3 aliphatic heterocycles. The SMILES string of the molecule is CCc1cc(NC(=O)NC[C@H]2CN(CCc3ccc(F)cc3)CC[C@@H]2c2ccccc2)cc(-c2nnnn2C)c1.Cn1nnnc1-c1cccc(NC(=O)NCC2CCCN(CCc3ccc(F)cc3)C2)c1.Cn1nnnc1-c1cccc(NC(=O)NCC2CCCN(Cc3ccc(F)cc3)C2)c1.[HH].[HH].[HH].[HH].[HH].[HH]. The number of aryl methyl sites for hydroxylation is 4. The molecule has 6 N–H and O–H groups in total. The van der Waals surface area contributed by atoms with Gasteiger partial charge in [0.15, 0.2) is 17.5 Å². The highest BCUT2D eigenvalue weighted by atomic mass is 19.1. The molecule has 6 amide bonds.